The van der Waals surface area contributed by atoms with Gasteiger partial charge >= 0.3 is 0 Å². The lowest BCUT2D eigenvalue weighted by Gasteiger charge is -1.99. The minimum atomic E-state index is -0.270. The summed E-state index contributed by atoms with van der Waals surface area (Å²) in [6.45, 7) is 0.112. The molecule has 1 aliphatic heterocycles. The molecule has 0 N–H and O–H groups in total. The summed E-state index contributed by atoms with van der Waals surface area (Å²) < 4.78 is 4.89. The Balaban J connectivity index is 2.69. The van der Waals surface area contributed by atoms with Crippen LogP contribution >= 0.6 is 0 Å². The third-order valence-electron chi connectivity index (χ3n) is 1.65. The van der Waals surface area contributed by atoms with Crippen molar-refractivity contribution < 1.29 is 9.53 Å². The maximum atomic E-state index is 10.9. The van der Waals surface area contributed by atoms with Crippen molar-refractivity contribution in [2.24, 2.45) is 9.98 Å². The van der Waals surface area contributed by atoms with Crippen molar-refractivity contribution >= 4 is 5.91 Å². The molecule has 1 aliphatic rings. The Morgan fingerprint density at radius 2 is 2.31 bits per heavy atom. The summed E-state index contributed by atoms with van der Waals surface area (Å²) in [7, 11) is 1.51. The van der Waals surface area contributed by atoms with Gasteiger partial charge < -0.3 is 4.74 Å². The van der Waals surface area contributed by atoms with Gasteiger partial charge in [0, 0.05) is 6.07 Å². The summed E-state index contributed by atoms with van der Waals surface area (Å²) >= 11 is 0. The Labute approximate surface area is 73.8 Å². The average molecular weight is 177 g/mol. The normalized spacial score (nSPS) is 14.1. The zero-order valence-electron chi connectivity index (χ0n) is 7.02. The van der Waals surface area contributed by atoms with E-state index in [0.29, 0.717) is 16.7 Å². The van der Waals surface area contributed by atoms with Gasteiger partial charge in [0.15, 0.2) is 5.49 Å². The summed E-state index contributed by atoms with van der Waals surface area (Å²) in [4.78, 5) is 22.6. The quantitative estimate of drug-likeness (QED) is 0.545. The molecule has 5 heteroatoms. The van der Waals surface area contributed by atoms with Gasteiger partial charge in [-0.1, -0.05) is 0 Å². The SMILES string of the molecule is COc1ccc2c(n1)=NC(=O)CN=2. The minimum Gasteiger partial charge on any atom is -0.481 e. The van der Waals surface area contributed by atoms with Crippen molar-refractivity contribution in [1.29, 1.82) is 0 Å². The van der Waals surface area contributed by atoms with Crippen LogP contribution in [-0.2, 0) is 4.79 Å². The molecule has 0 fully saturated rings. The predicted molar refractivity (Wildman–Crippen MR) is 43.0 cm³/mol. The van der Waals surface area contributed by atoms with Crippen molar-refractivity contribution in [3.63, 3.8) is 0 Å². The van der Waals surface area contributed by atoms with E-state index in [1.165, 1.54) is 7.11 Å². The second-order valence-electron chi connectivity index (χ2n) is 2.52. The molecule has 0 aromatic carbocycles. The van der Waals surface area contributed by atoms with Crippen molar-refractivity contribution in [3.8, 4) is 5.88 Å². The van der Waals surface area contributed by atoms with Crippen LogP contribution in [0, 0.1) is 0 Å². The number of nitrogens with zero attached hydrogens (tertiary/aromatic N) is 3. The second-order valence-corrected chi connectivity index (χ2v) is 2.52. The Kier molecular flexibility index (Phi) is 1.77. The van der Waals surface area contributed by atoms with Gasteiger partial charge in [0.05, 0.1) is 7.11 Å². The topological polar surface area (TPSA) is 63.9 Å². The summed E-state index contributed by atoms with van der Waals surface area (Å²) in [5.41, 5.74) is 0.343. The fourth-order valence-corrected chi connectivity index (χ4v) is 1.05. The van der Waals surface area contributed by atoms with Crippen molar-refractivity contribution in [3.05, 3.63) is 23.0 Å². The standard InChI is InChI=1S/C8H7N3O2/c1-13-7-3-2-5-8(11-7)10-6(12)4-9-5/h2-3H,4H2,1H3. The molecule has 0 bridgehead atoms. The molecule has 2 rings (SSSR count). The number of fused-ring (bicyclic) bond motifs is 1. The van der Waals surface area contributed by atoms with Gasteiger partial charge in [0.25, 0.3) is 5.91 Å². The van der Waals surface area contributed by atoms with Crippen LogP contribution in [0.5, 0.6) is 5.88 Å². The zero-order chi connectivity index (χ0) is 9.26. The lowest BCUT2D eigenvalue weighted by molar-refractivity contribution is -0.116. The fraction of sp³-hybridized carbons (Fsp3) is 0.250. The van der Waals surface area contributed by atoms with Crippen LogP contribution in [0.2, 0.25) is 0 Å². The molecule has 0 aliphatic carbocycles. The van der Waals surface area contributed by atoms with Crippen LogP contribution in [0.25, 0.3) is 0 Å². The van der Waals surface area contributed by atoms with Crippen LogP contribution in [-0.4, -0.2) is 24.5 Å². The number of rotatable bonds is 1. The minimum absolute atomic E-state index is 0.112. The van der Waals surface area contributed by atoms with E-state index in [4.69, 9.17) is 4.74 Å². The summed E-state index contributed by atoms with van der Waals surface area (Å²) in [5.74, 6) is 0.167. The second kappa shape index (κ2) is 2.93. The van der Waals surface area contributed by atoms with Gasteiger partial charge in [-0.05, 0) is 6.07 Å². The molecule has 0 saturated heterocycles. The van der Waals surface area contributed by atoms with Crippen molar-refractivity contribution in [2.75, 3.05) is 13.7 Å². The highest BCUT2D eigenvalue weighted by atomic mass is 16.5. The van der Waals surface area contributed by atoms with Gasteiger partial charge in [-0.2, -0.15) is 9.98 Å². The van der Waals surface area contributed by atoms with E-state index < -0.39 is 0 Å². The Hall–Kier alpha value is -1.78. The van der Waals surface area contributed by atoms with E-state index in [-0.39, 0.29) is 12.5 Å². The molecule has 0 saturated carbocycles. The average Bonchev–Trinajstić information content (AvgIpc) is 2.16. The lowest BCUT2D eigenvalue weighted by Crippen LogP contribution is -2.34. The van der Waals surface area contributed by atoms with Crippen LogP contribution in [0.3, 0.4) is 0 Å². The molecule has 0 radical (unpaired) electrons. The first-order valence-electron chi connectivity index (χ1n) is 3.76. The van der Waals surface area contributed by atoms with E-state index in [0.717, 1.165) is 0 Å². The number of carbonyl (C=O) groups is 1. The third kappa shape index (κ3) is 1.40. The Morgan fingerprint density at radius 1 is 1.46 bits per heavy atom. The number of carbonyl (C=O) groups excluding carboxylic acids is 1. The number of methoxy groups -OCH3 is 1. The molecular weight excluding hydrogens is 170 g/mol. The Bertz CT molecular complexity index is 467. The maximum absolute atomic E-state index is 10.9. The van der Waals surface area contributed by atoms with Gasteiger partial charge in [0.2, 0.25) is 5.88 Å². The van der Waals surface area contributed by atoms with E-state index in [1.54, 1.807) is 12.1 Å². The van der Waals surface area contributed by atoms with E-state index in [1.807, 2.05) is 0 Å². The number of amides is 1. The molecule has 0 spiro atoms. The number of ether oxygens (including phenoxy) is 1. The first-order chi connectivity index (χ1) is 6.29. The van der Waals surface area contributed by atoms with Crippen LogP contribution in [0.1, 0.15) is 0 Å². The maximum Gasteiger partial charge on any atom is 0.269 e. The molecule has 66 valence electrons. The first kappa shape index (κ1) is 7.85. The number of hydrogen-bond acceptors (Lipinski definition) is 4. The van der Waals surface area contributed by atoms with Crippen molar-refractivity contribution in [1.82, 2.24) is 4.98 Å². The highest BCUT2D eigenvalue weighted by molar-refractivity contribution is 5.79. The molecular formula is C8H7N3O2. The lowest BCUT2D eigenvalue weighted by atomic mass is 10.4. The largest absolute Gasteiger partial charge is 0.481 e. The molecule has 2 heterocycles. The van der Waals surface area contributed by atoms with Crippen LogP contribution < -0.4 is 15.6 Å². The summed E-state index contributed by atoms with van der Waals surface area (Å²) in [6.07, 6.45) is 0. The molecule has 1 aromatic rings. The summed E-state index contributed by atoms with van der Waals surface area (Å²) in [6, 6.07) is 3.42. The van der Waals surface area contributed by atoms with E-state index >= 15 is 0 Å². The van der Waals surface area contributed by atoms with E-state index in [2.05, 4.69) is 15.0 Å². The zero-order valence-corrected chi connectivity index (χ0v) is 7.02. The van der Waals surface area contributed by atoms with Crippen LogP contribution in [0.4, 0.5) is 0 Å². The Morgan fingerprint density at radius 3 is 3.08 bits per heavy atom. The first-order valence-corrected chi connectivity index (χ1v) is 3.76. The van der Waals surface area contributed by atoms with Crippen molar-refractivity contribution in [2.45, 2.75) is 0 Å². The predicted octanol–water partition coefficient (Wildman–Crippen LogP) is -1.13. The van der Waals surface area contributed by atoms with Gasteiger partial charge in [0.1, 0.15) is 11.9 Å². The van der Waals surface area contributed by atoms with E-state index in [9.17, 15) is 4.79 Å². The molecule has 0 atom stereocenters. The molecule has 1 aromatic heterocycles. The highest BCUT2D eigenvalue weighted by Gasteiger charge is 2.05. The summed E-state index contributed by atoms with van der Waals surface area (Å²) in [5, 5.41) is 0.639. The highest BCUT2D eigenvalue weighted by Crippen LogP contribution is 1.96. The molecule has 0 unspecified atom stereocenters. The fourth-order valence-electron chi connectivity index (χ4n) is 1.05. The van der Waals surface area contributed by atoms with Gasteiger partial charge in [-0.15, -0.1) is 0 Å². The van der Waals surface area contributed by atoms with Gasteiger partial charge in [-0.25, -0.2) is 0 Å². The number of pyridine rings is 1. The number of hydrogen-bond donors (Lipinski definition) is 0. The monoisotopic (exact) mass is 177 g/mol. The molecule has 13 heavy (non-hydrogen) atoms. The number of aromatic nitrogens is 1. The molecule has 5 nitrogen and oxygen atoms in total. The van der Waals surface area contributed by atoms with Gasteiger partial charge in [-0.3, -0.25) is 9.79 Å². The van der Waals surface area contributed by atoms with Crippen LogP contribution in [0.15, 0.2) is 22.1 Å². The molecule has 1 amide bonds. The third-order valence-corrected chi connectivity index (χ3v) is 1.65. The smallest absolute Gasteiger partial charge is 0.269 e.